The smallest absolute Gasteiger partial charge is 0.0522 e. The van der Waals surface area contributed by atoms with Crippen LogP contribution in [-0.4, -0.2) is 16.2 Å². The minimum Gasteiger partial charge on any atom is -0.327 e. The first-order chi connectivity index (χ1) is 7.01. The summed E-state index contributed by atoms with van der Waals surface area (Å²) in [6.45, 7) is 9.04. The average molecular weight is 207 g/mol. The summed E-state index contributed by atoms with van der Waals surface area (Å²) >= 11 is 0. The lowest BCUT2D eigenvalue weighted by Crippen LogP contribution is -2.50. The van der Waals surface area contributed by atoms with E-state index in [1.165, 1.54) is 11.3 Å². The van der Waals surface area contributed by atoms with Gasteiger partial charge >= 0.3 is 0 Å². The van der Waals surface area contributed by atoms with Crippen LogP contribution >= 0.6 is 0 Å². The first kappa shape index (κ1) is 10.7. The molecule has 0 bridgehead atoms. The first-order valence-corrected chi connectivity index (χ1v) is 5.79. The maximum atomic E-state index is 6.36. The second-order valence-electron chi connectivity index (χ2n) is 5.32. The summed E-state index contributed by atoms with van der Waals surface area (Å²) in [5.41, 5.74) is 9.03. The first-order valence-electron chi connectivity index (χ1n) is 5.79. The molecule has 3 nitrogen and oxygen atoms in total. The number of H-pyrrole nitrogens is 1. The highest BCUT2D eigenvalue weighted by atomic mass is 15.1. The van der Waals surface area contributed by atoms with Crippen molar-refractivity contribution in [1.82, 2.24) is 10.2 Å². The topological polar surface area (TPSA) is 54.7 Å². The zero-order chi connectivity index (χ0) is 11.2. The molecule has 84 valence electrons. The van der Waals surface area contributed by atoms with E-state index < -0.39 is 0 Å². The summed E-state index contributed by atoms with van der Waals surface area (Å²) in [6, 6.07) is 0.224. The Morgan fingerprint density at radius 2 is 2.00 bits per heavy atom. The number of rotatable bonds is 2. The molecule has 0 fully saturated rings. The lowest BCUT2D eigenvalue weighted by atomic mass is 9.65. The molecule has 0 spiro atoms. The van der Waals surface area contributed by atoms with E-state index >= 15 is 0 Å². The molecule has 0 unspecified atom stereocenters. The number of aromatic amines is 1. The van der Waals surface area contributed by atoms with Crippen LogP contribution in [0.25, 0.3) is 0 Å². The van der Waals surface area contributed by atoms with Gasteiger partial charge in [-0.1, -0.05) is 27.7 Å². The summed E-state index contributed by atoms with van der Waals surface area (Å²) in [6.07, 6.45) is 2.89. The van der Waals surface area contributed by atoms with Gasteiger partial charge in [0.05, 0.1) is 6.20 Å². The van der Waals surface area contributed by atoms with Crippen LogP contribution in [0.4, 0.5) is 0 Å². The molecule has 0 amide bonds. The van der Waals surface area contributed by atoms with Crippen molar-refractivity contribution >= 4 is 0 Å². The molecule has 0 saturated heterocycles. The van der Waals surface area contributed by atoms with Gasteiger partial charge in [0.1, 0.15) is 0 Å². The van der Waals surface area contributed by atoms with Crippen molar-refractivity contribution in [3.05, 3.63) is 17.5 Å². The van der Waals surface area contributed by atoms with Gasteiger partial charge in [-0.05, 0) is 23.8 Å². The molecule has 15 heavy (non-hydrogen) atoms. The molecule has 1 aliphatic carbocycles. The van der Waals surface area contributed by atoms with E-state index in [2.05, 4.69) is 37.9 Å². The SMILES string of the molecule is CC(C)C1(C(C)C)c2[nH]ncc2C[C@H]1N. The molecule has 3 heteroatoms. The van der Waals surface area contributed by atoms with Crippen LogP contribution < -0.4 is 5.73 Å². The molecule has 0 radical (unpaired) electrons. The molecule has 0 aromatic carbocycles. The Hall–Kier alpha value is -0.830. The van der Waals surface area contributed by atoms with Crippen LogP contribution in [0.5, 0.6) is 0 Å². The van der Waals surface area contributed by atoms with Gasteiger partial charge in [-0.3, -0.25) is 5.10 Å². The van der Waals surface area contributed by atoms with Gasteiger partial charge in [-0.15, -0.1) is 0 Å². The zero-order valence-corrected chi connectivity index (χ0v) is 10.0. The van der Waals surface area contributed by atoms with E-state index in [1.54, 1.807) is 0 Å². The lowest BCUT2D eigenvalue weighted by molar-refractivity contribution is 0.184. The number of hydrogen-bond donors (Lipinski definition) is 2. The van der Waals surface area contributed by atoms with Gasteiger partial charge in [0, 0.05) is 17.2 Å². The van der Waals surface area contributed by atoms with Crippen molar-refractivity contribution in [2.45, 2.75) is 45.6 Å². The Morgan fingerprint density at radius 1 is 1.40 bits per heavy atom. The monoisotopic (exact) mass is 207 g/mol. The third-order valence-corrected chi connectivity index (χ3v) is 4.11. The Bertz CT molecular complexity index is 344. The molecule has 1 aliphatic rings. The molecule has 2 rings (SSSR count). The molecular formula is C12H21N3. The number of nitrogens with two attached hydrogens (primary N) is 1. The van der Waals surface area contributed by atoms with Crippen LogP contribution in [0.2, 0.25) is 0 Å². The molecule has 3 N–H and O–H groups in total. The maximum Gasteiger partial charge on any atom is 0.0522 e. The number of nitrogens with one attached hydrogen (secondary N) is 1. The summed E-state index contributed by atoms with van der Waals surface area (Å²) in [7, 11) is 0. The van der Waals surface area contributed by atoms with Gasteiger partial charge in [0.25, 0.3) is 0 Å². The summed E-state index contributed by atoms with van der Waals surface area (Å²) < 4.78 is 0. The normalized spacial score (nSPS) is 23.8. The molecular weight excluding hydrogens is 186 g/mol. The van der Waals surface area contributed by atoms with Crippen LogP contribution in [0.15, 0.2) is 6.20 Å². The minimum atomic E-state index is 0.0752. The zero-order valence-electron chi connectivity index (χ0n) is 10.0. The predicted molar refractivity (Wildman–Crippen MR) is 61.6 cm³/mol. The molecule has 0 saturated carbocycles. The number of aromatic nitrogens is 2. The molecule has 1 aromatic heterocycles. The fraction of sp³-hybridized carbons (Fsp3) is 0.750. The Balaban J connectivity index is 2.57. The molecule has 0 aliphatic heterocycles. The van der Waals surface area contributed by atoms with Gasteiger partial charge in [0.15, 0.2) is 0 Å². The highest BCUT2D eigenvalue weighted by Crippen LogP contribution is 2.47. The van der Waals surface area contributed by atoms with Gasteiger partial charge in [-0.2, -0.15) is 5.10 Å². The highest BCUT2D eigenvalue weighted by Gasteiger charge is 2.50. The van der Waals surface area contributed by atoms with Gasteiger partial charge in [0.2, 0.25) is 0 Å². The molecule has 1 atom stereocenters. The fourth-order valence-electron chi connectivity index (χ4n) is 3.53. The standard InChI is InChI=1S/C12H21N3/c1-7(2)12(8(3)4)10(13)5-9-6-14-15-11(9)12/h6-8,10H,5,13H2,1-4H3,(H,14,15)/t10-/m1/s1. The van der Waals surface area contributed by atoms with Gasteiger partial charge < -0.3 is 5.73 Å². The summed E-state index contributed by atoms with van der Waals surface area (Å²) in [4.78, 5) is 0. The summed E-state index contributed by atoms with van der Waals surface area (Å²) in [5, 5.41) is 7.33. The number of fused-ring (bicyclic) bond motifs is 1. The fourth-order valence-corrected chi connectivity index (χ4v) is 3.53. The molecule has 1 heterocycles. The van der Waals surface area contributed by atoms with E-state index in [9.17, 15) is 0 Å². The molecule has 1 aromatic rings. The number of hydrogen-bond acceptors (Lipinski definition) is 2. The van der Waals surface area contributed by atoms with E-state index in [1.807, 2.05) is 6.20 Å². The minimum absolute atomic E-state index is 0.0752. The van der Waals surface area contributed by atoms with Crippen molar-refractivity contribution in [2.24, 2.45) is 17.6 Å². The lowest BCUT2D eigenvalue weighted by Gasteiger charge is -2.41. The van der Waals surface area contributed by atoms with E-state index in [0.29, 0.717) is 11.8 Å². The maximum absolute atomic E-state index is 6.36. The second-order valence-corrected chi connectivity index (χ2v) is 5.32. The Morgan fingerprint density at radius 3 is 2.53 bits per heavy atom. The van der Waals surface area contributed by atoms with E-state index in [4.69, 9.17) is 5.73 Å². The van der Waals surface area contributed by atoms with Crippen molar-refractivity contribution in [3.8, 4) is 0 Å². The van der Waals surface area contributed by atoms with Crippen LogP contribution in [0.3, 0.4) is 0 Å². The average Bonchev–Trinajstić information content (AvgIpc) is 2.60. The van der Waals surface area contributed by atoms with Crippen molar-refractivity contribution < 1.29 is 0 Å². The third-order valence-electron chi connectivity index (χ3n) is 4.11. The van der Waals surface area contributed by atoms with Gasteiger partial charge in [-0.25, -0.2) is 0 Å². The third kappa shape index (κ3) is 1.19. The van der Waals surface area contributed by atoms with Crippen LogP contribution in [0, 0.1) is 11.8 Å². The Labute approximate surface area is 91.4 Å². The highest BCUT2D eigenvalue weighted by molar-refractivity contribution is 5.37. The largest absolute Gasteiger partial charge is 0.327 e. The second kappa shape index (κ2) is 3.34. The quantitative estimate of drug-likeness (QED) is 0.777. The van der Waals surface area contributed by atoms with Crippen molar-refractivity contribution in [3.63, 3.8) is 0 Å². The summed E-state index contributed by atoms with van der Waals surface area (Å²) in [5.74, 6) is 1.07. The van der Waals surface area contributed by atoms with Crippen molar-refractivity contribution in [2.75, 3.05) is 0 Å². The van der Waals surface area contributed by atoms with E-state index in [-0.39, 0.29) is 11.5 Å². The van der Waals surface area contributed by atoms with E-state index in [0.717, 1.165) is 6.42 Å². The van der Waals surface area contributed by atoms with Crippen molar-refractivity contribution in [1.29, 1.82) is 0 Å². The van der Waals surface area contributed by atoms with Crippen LogP contribution in [0.1, 0.15) is 39.0 Å². The predicted octanol–water partition coefficient (Wildman–Crippen LogP) is 1.84. The van der Waals surface area contributed by atoms with Crippen LogP contribution in [-0.2, 0) is 11.8 Å². The Kier molecular flexibility index (Phi) is 2.38. The number of nitrogens with zero attached hydrogens (tertiary/aromatic N) is 1.